The number of methoxy groups -OCH3 is 1. The minimum atomic E-state index is -3.74. The largest absolute Gasteiger partial charge is 0.465 e. The Morgan fingerprint density at radius 1 is 1.29 bits per heavy atom. The van der Waals surface area contributed by atoms with Crippen molar-refractivity contribution < 1.29 is 23.1 Å². The number of esters is 1. The van der Waals surface area contributed by atoms with E-state index in [0.29, 0.717) is 10.6 Å². The summed E-state index contributed by atoms with van der Waals surface area (Å²) in [7, 11) is -2.53. The van der Waals surface area contributed by atoms with E-state index in [-0.39, 0.29) is 18.5 Å². The average Bonchev–Trinajstić information content (AvgIpc) is 2.44. The molecule has 0 aliphatic carbocycles. The van der Waals surface area contributed by atoms with E-state index >= 15 is 0 Å². The molecule has 1 rings (SSSR count). The van der Waals surface area contributed by atoms with Crippen molar-refractivity contribution in [1.29, 1.82) is 0 Å². The monoisotopic (exact) mass is 332 g/mol. The molecule has 0 fully saturated rings. The van der Waals surface area contributed by atoms with Crippen molar-refractivity contribution in [3.63, 3.8) is 0 Å². The minimum Gasteiger partial charge on any atom is -0.465 e. The fourth-order valence-corrected chi connectivity index (χ4v) is 3.48. The summed E-state index contributed by atoms with van der Waals surface area (Å²) in [5.74, 6) is -0.764. The van der Waals surface area contributed by atoms with Crippen molar-refractivity contribution in [3.8, 4) is 0 Å². The first-order chi connectivity index (χ1) is 9.96. The summed E-state index contributed by atoms with van der Waals surface area (Å²) < 4.78 is 27.8. The van der Waals surface area contributed by atoms with Crippen LogP contribution in [0.15, 0.2) is 29.6 Å². The van der Waals surface area contributed by atoms with Crippen LogP contribution in [0.3, 0.4) is 0 Å². The van der Waals surface area contributed by atoms with Gasteiger partial charge < -0.3 is 13.8 Å². The van der Waals surface area contributed by atoms with Crippen LogP contribution in [0.5, 0.6) is 0 Å². The maximum absolute atomic E-state index is 12.8. The maximum atomic E-state index is 12.8. The van der Waals surface area contributed by atoms with Crippen molar-refractivity contribution in [1.82, 2.24) is 0 Å². The third-order valence-electron chi connectivity index (χ3n) is 2.44. The molecule has 0 heterocycles. The second-order valence-corrected chi connectivity index (χ2v) is 6.34. The van der Waals surface area contributed by atoms with Gasteiger partial charge in [0, 0.05) is 5.02 Å². The Labute approximate surface area is 129 Å². The number of carbonyl (C=O) groups excluding carboxylic acids is 1. The zero-order chi connectivity index (χ0) is 15.9. The molecule has 0 aliphatic heterocycles. The first kappa shape index (κ1) is 17.9. The van der Waals surface area contributed by atoms with Crippen LogP contribution in [-0.2, 0) is 23.1 Å². The summed E-state index contributed by atoms with van der Waals surface area (Å²) in [5.41, 5.74) is 0.600. The van der Waals surface area contributed by atoms with Gasteiger partial charge in [0.05, 0.1) is 20.3 Å². The van der Waals surface area contributed by atoms with Gasteiger partial charge in [-0.05, 0) is 37.6 Å². The molecule has 0 aromatic heterocycles. The fraction of sp³-hybridized carbons (Fsp3) is 0.357. The van der Waals surface area contributed by atoms with Gasteiger partial charge in [0.25, 0.3) is 0 Å². The van der Waals surface area contributed by atoms with Gasteiger partial charge in [-0.1, -0.05) is 23.7 Å². The normalized spacial score (nSPS) is 12.3. The fourth-order valence-electron chi connectivity index (χ4n) is 1.62. The number of rotatable bonds is 7. The molecule has 116 valence electrons. The Bertz CT molecular complexity index is 560. The molecule has 0 amide bonds. The zero-order valence-electron chi connectivity index (χ0n) is 12.2. The molecule has 0 atom stereocenters. The molecule has 21 heavy (non-hydrogen) atoms. The lowest BCUT2D eigenvalue weighted by Gasteiger charge is -2.18. The topological polar surface area (TPSA) is 61.8 Å². The van der Waals surface area contributed by atoms with Gasteiger partial charge in [0.15, 0.2) is 0 Å². The van der Waals surface area contributed by atoms with Crippen LogP contribution in [0.25, 0.3) is 6.08 Å². The van der Waals surface area contributed by atoms with Gasteiger partial charge in [-0.2, -0.15) is 0 Å². The highest BCUT2D eigenvalue weighted by molar-refractivity contribution is 7.60. The van der Waals surface area contributed by atoms with Crippen molar-refractivity contribution >= 4 is 31.2 Å². The Balaban J connectivity index is 3.33. The van der Waals surface area contributed by atoms with E-state index < -0.39 is 13.6 Å². The highest BCUT2D eigenvalue weighted by Crippen LogP contribution is 2.56. The van der Waals surface area contributed by atoms with E-state index in [0.717, 1.165) is 0 Å². The Morgan fingerprint density at radius 3 is 2.38 bits per heavy atom. The standard InChI is InChI=1S/C14H18ClO5P/c1-4-19-21(17,20-5-2)13(14(16)18-3)10-11-7-6-8-12(15)9-11/h6-10H,4-5H2,1-3H3/b13-10+. The van der Waals surface area contributed by atoms with Crippen molar-refractivity contribution in [2.24, 2.45) is 0 Å². The summed E-state index contributed by atoms with van der Waals surface area (Å²) in [6.07, 6.45) is 1.41. The van der Waals surface area contributed by atoms with Crippen LogP contribution in [0.4, 0.5) is 0 Å². The van der Waals surface area contributed by atoms with Crippen LogP contribution in [-0.4, -0.2) is 26.3 Å². The molecule has 1 aromatic rings. The molecule has 5 nitrogen and oxygen atoms in total. The molecule has 0 N–H and O–H groups in total. The first-order valence-corrected chi connectivity index (χ1v) is 8.34. The Hall–Kier alpha value is -1.13. The average molecular weight is 333 g/mol. The summed E-state index contributed by atoms with van der Waals surface area (Å²) in [4.78, 5) is 11.9. The molecule has 0 saturated heterocycles. The lowest BCUT2D eigenvalue weighted by Crippen LogP contribution is -2.09. The van der Waals surface area contributed by atoms with E-state index in [9.17, 15) is 9.36 Å². The Kier molecular flexibility index (Phi) is 7.12. The third-order valence-corrected chi connectivity index (χ3v) is 4.77. The van der Waals surface area contributed by atoms with Crippen LogP contribution >= 0.6 is 19.2 Å². The molecular weight excluding hydrogens is 315 g/mol. The molecule has 0 spiro atoms. The first-order valence-electron chi connectivity index (χ1n) is 6.42. The quantitative estimate of drug-likeness (QED) is 0.427. The van der Waals surface area contributed by atoms with Gasteiger partial charge in [-0.25, -0.2) is 4.79 Å². The maximum Gasteiger partial charge on any atom is 0.368 e. The molecule has 7 heteroatoms. The lowest BCUT2D eigenvalue weighted by molar-refractivity contribution is -0.135. The predicted molar refractivity (Wildman–Crippen MR) is 82.3 cm³/mol. The van der Waals surface area contributed by atoms with E-state index in [1.54, 1.807) is 38.1 Å². The number of benzene rings is 1. The lowest BCUT2D eigenvalue weighted by atomic mass is 10.2. The summed E-state index contributed by atoms with van der Waals surface area (Å²) >= 11 is 5.90. The highest BCUT2D eigenvalue weighted by atomic mass is 35.5. The highest BCUT2D eigenvalue weighted by Gasteiger charge is 2.35. The van der Waals surface area contributed by atoms with Gasteiger partial charge in [0.1, 0.15) is 5.31 Å². The second kappa shape index (κ2) is 8.35. The minimum absolute atomic E-state index is 0.140. The number of ether oxygens (including phenoxy) is 1. The van der Waals surface area contributed by atoms with Gasteiger partial charge in [-0.3, -0.25) is 4.57 Å². The molecule has 0 unspecified atom stereocenters. The van der Waals surface area contributed by atoms with Crippen LogP contribution in [0.2, 0.25) is 5.02 Å². The van der Waals surface area contributed by atoms with Crippen molar-refractivity contribution in [3.05, 3.63) is 40.2 Å². The van der Waals surface area contributed by atoms with E-state index in [4.69, 9.17) is 20.6 Å². The number of hydrogen-bond donors (Lipinski definition) is 0. The number of halogens is 1. The third kappa shape index (κ3) is 4.97. The number of hydrogen-bond acceptors (Lipinski definition) is 5. The number of carbonyl (C=O) groups is 1. The van der Waals surface area contributed by atoms with Crippen molar-refractivity contribution in [2.45, 2.75) is 13.8 Å². The molecule has 0 bridgehead atoms. The summed E-state index contributed by atoms with van der Waals surface area (Å²) in [6, 6.07) is 6.76. The van der Waals surface area contributed by atoms with E-state index in [1.165, 1.54) is 13.2 Å². The van der Waals surface area contributed by atoms with E-state index in [1.807, 2.05) is 0 Å². The second-order valence-electron chi connectivity index (χ2n) is 3.91. The smallest absolute Gasteiger partial charge is 0.368 e. The molecule has 1 aromatic carbocycles. The SMILES string of the molecule is CCOP(=O)(OCC)/C(=C/c1cccc(Cl)c1)C(=O)OC. The molecule has 0 radical (unpaired) electrons. The van der Waals surface area contributed by atoms with Crippen LogP contribution < -0.4 is 0 Å². The summed E-state index contributed by atoms with van der Waals surface area (Å²) in [5, 5.41) is 0.339. The predicted octanol–water partition coefficient (Wildman–Crippen LogP) is 4.12. The van der Waals surface area contributed by atoms with Gasteiger partial charge in [0.2, 0.25) is 0 Å². The van der Waals surface area contributed by atoms with Crippen LogP contribution in [0, 0.1) is 0 Å². The molecule has 0 aliphatic rings. The van der Waals surface area contributed by atoms with Gasteiger partial charge in [-0.15, -0.1) is 0 Å². The molecular formula is C14H18ClO5P. The van der Waals surface area contributed by atoms with Gasteiger partial charge >= 0.3 is 13.6 Å². The van der Waals surface area contributed by atoms with Crippen LogP contribution in [0.1, 0.15) is 19.4 Å². The summed E-state index contributed by atoms with van der Waals surface area (Å²) in [6.45, 7) is 3.61. The Morgan fingerprint density at radius 2 is 1.90 bits per heavy atom. The zero-order valence-corrected chi connectivity index (χ0v) is 13.8. The van der Waals surface area contributed by atoms with Crippen molar-refractivity contribution in [2.75, 3.05) is 20.3 Å². The van der Waals surface area contributed by atoms with E-state index in [2.05, 4.69) is 4.74 Å². The molecule has 0 saturated carbocycles.